The predicted molar refractivity (Wildman–Crippen MR) is 140 cm³/mol. The van der Waals surface area contributed by atoms with Crippen molar-refractivity contribution in [3.63, 3.8) is 0 Å². The van der Waals surface area contributed by atoms with Gasteiger partial charge in [0.05, 0.1) is 24.7 Å². The molecule has 0 spiro atoms. The number of hydrazine groups is 1. The van der Waals surface area contributed by atoms with Crippen molar-refractivity contribution in [1.29, 1.82) is 0 Å². The molecular weight excluding hydrogens is 410 g/mol. The average molecular weight is 454 g/mol. The van der Waals surface area contributed by atoms with Gasteiger partial charge in [-0.2, -0.15) is 0 Å². The number of aliphatic imine (C=N–C) groups is 2. The smallest absolute Gasteiger partial charge is 0.234 e. The van der Waals surface area contributed by atoms with Crippen molar-refractivity contribution < 1.29 is 4.74 Å². The summed E-state index contributed by atoms with van der Waals surface area (Å²) >= 11 is 0. The van der Waals surface area contributed by atoms with Gasteiger partial charge in [0.15, 0.2) is 0 Å². The maximum absolute atomic E-state index is 5.92. The monoisotopic (exact) mass is 453 g/mol. The van der Waals surface area contributed by atoms with E-state index in [1.807, 2.05) is 41.7 Å². The summed E-state index contributed by atoms with van der Waals surface area (Å²) < 4.78 is 5.92. The third-order valence-electron chi connectivity index (χ3n) is 7.18. The molecule has 1 aromatic carbocycles. The molecule has 182 valence electrons. The molecule has 0 saturated carbocycles. The summed E-state index contributed by atoms with van der Waals surface area (Å²) in [6, 6.07) is 8.10. The highest BCUT2D eigenvalue weighted by molar-refractivity contribution is 5.84. The zero-order chi connectivity index (χ0) is 23.7. The van der Waals surface area contributed by atoms with E-state index in [9.17, 15) is 0 Å². The fourth-order valence-corrected chi connectivity index (χ4v) is 3.83. The SMILES string of the molecule is CC(C)(C)C(C)(C)CCCCCCCCCOc1ccc(NC2=CN3NC=NC3N=C2)cc1. The van der Waals surface area contributed by atoms with Crippen molar-refractivity contribution in [2.75, 3.05) is 11.9 Å². The zero-order valence-electron chi connectivity index (χ0n) is 21.2. The first-order valence-electron chi connectivity index (χ1n) is 12.6. The Bertz CT molecular complexity index is 820. The molecule has 2 N–H and O–H groups in total. The number of allylic oxidation sites excluding steroid dienone is 1. The van der Waals surface area contributed by atoms with Gasteiger partial charge in [0.2, 0.25) is 6.29 Å². The maximum atomic E-state index is 5.92. The van der Waals surface area contributed by atoms with E-state index in [-0.39, 0.29) is 6.29 Å². The first-order chi connectivity index (χ1) is 15.7. The quantitative estimate of drug-likeness (QED) is 0.325. The van der Waals surface area contributed by atoms with Crippen LogP contribution in [-0.4, -0.2) is 30.5 Å². The number of nitrogens with zero attached hydrogens (tertiary/aromatic N) is 3. The summed E-state index contributed by atoms with van der Waals surface area (Å²) in [5.41, 5.74) is 5.76. The molecule has 2 aliphatic rings. The number of benzene rings is 1. The number of ether oxygens (including phenoxy) is 1. The van der Waals surface area contributed by atoms with Crippen LogP contribution in [0.15, 0.2) is 46.1 Å². The Labute approximate surface area is 200 Å². The van der Waals surface area contributed by atoms with Crippen molar-refractivity contribution in [2.24, 2.45) is 20.8 Å². The Kier molecular flexibility index (Phi) is 8.81. The van der Waals surface area contributed by atoms with E-state index >= 15 is 0 Å². The van der Waals surface area contributed by atoms with Crippen LogP contribution in [0.25, 0.3) is 0 Å². The van der Waals surface area contributed by atoms with Crippen LogP contribution in [0.3, 0.4) is 0 Å². The van der Waals surface area contributed by atoms with E-state index in [1.165, 1.54) is 44.9 Å². The molecule has 33 heavy (non-hydrogen) atoms. The molecule has 0 aliphatic carbocycles. The summed E-state index contributed by atoms with van der Waals surface area (Å²) in [5, 5.41) is 5.21. The summed E-state index contributed by atoms with van der Waals surface area (Å²) in [6.07, 6.45) is 15.7. The van der Waals surface area contributed by atoms with E-state index in [2.05, 4.69) is 55.3 Å². The van der Waals surface area contributed by atoms with Crippen LogP contribution in [0.1, 0.15) is 86.0 Å². The highest BCUT2D eigenvalue weighted by atomic mass is 16.5. The van der Waals surface area contributed by atoms with Gasteiger partial charge in [-0.3, -0.25) is 5.43 Å². The normalized spacial score (nSPS) is 17.5. The topological polar surface area (TPSA) is 61.2 Å². The maximum Gasteiger partial charge on any atom is 0.234 e. The van der Waals surface area contributed by atoms with E-state index in [0.29, 0.717) is 10.8 Å². The van der Waals surface area contributed by atoms with Crippen LogP contribution in [0.5, 0.6) is 5.75 Å². The highest BCUT2D eigenvalue weighted by Gasteiger charge is 2.31. The number of anilines is 1. The number of hydrogen-bond donors (Lipinski definition) is 2. The van der Waals surface area contributed by atoms with Crippen LogP contribution in [0.4, 0.5) is 5.69 Å². The van der Waals surface area contributed by atoms with Crippen molar-refractivity contribution in [2.45, 2.75) is 92.3 Å². The van der Waals surface area contributed by atoms with Crippen LogP contribution < -0.4 is 15.5 Å². The number of unbranched alkanes of at least 4 members (excludes halogenated alkanes) is 6. The standard InChI is InChI=1S/C27H43N5O/c1-26(2,3)27(4,5)17-11-9-7-6-8-10-12-18-33-24-15-13-22(14-16-24)31-23-19-28-25-29-21-30-32(25)20-23/h13-16,19-21,25,31H,6-12,17-18H2,1-5H3,(H,29,30). The molecule has 6 heteroatoms. The summed E-state index contributed by atoms with van der Waals surface area (Å²) in [6.45, 7) is 12.7. The minimum absolute atomic E-state index is 0.183. The second-order valence-corrected chi connectivity index (χ2v) is 10.9. The van der Waals surface area contributed by atoms with Crippen molar-refractivity contribution in [3.8, 4) is 5.75 Å². The van der Waals surface area contributed by atoms with Gasteiger partial charge >= 0.3 is 0 Å². The lowest BCUT2D eigenvalue weighted by Gasteiger charge is -2.39. The fraction of sp³-hybridized carbons (Fsp3) is 0.630. The minimum Gasteiger partial charge on any atom is -0.494 e. The van der Waals surface area contributed by atoms with E-state index in [1.54, 1.807) is 6.34 Å². The Morgan fingerprint density at radius 2 is 1.58 bits per heavy atom. The predicted octanol–water partition coefficient (Wildman–Crippen LogP) is 6.73. The van der Waals surface area contributed by atoms with Gasteiger partial charge in [-0.05, 0) is 47.9 Å². The molecule has 0 amide bonds. The molecular formula is C27H43N5O. The second-order valence-electron chi connectivity index (χ2n) is 10.9. The molecule has 0 radical (unpaired) electrons. The third kappa shape index (κ3) is 7.79. The van der Waals surface area contributed by atoms with Crippen molar-refractivity contribution in [1.82, 2.24) is 10.4 Å². The summed E-state index contributed by atoms with van der Waals surface area (Å²) in [7, 11) is 0. The summed E-state index contributed by atoms with van der Waals surface area (Å²) in [4.78, 5) is 8.57. The first-order valence-corrected chi connectivity index (χ1v) is 12.6. The molecule has 0 bridgehead atoms. The Balaban J connectivity index is 1.22. The van der Waals surface area contributed by atoms with Crippen LogP contribution >= 0.6 is 0 Å². The number of hydrogen-bond acceptors (Lipinski definition) is 6. The number of rotatable bonds is 13. The van der Waals surface area contributed by atoms with Gasteiger partial charge in [-0.15, -0.1) is 0 Å². The van der Waals surface area contributed by atoms with Crippen LogP contribution in [0.2, 0.25) is 0 Å². The molecule has 1 unspecified atom stereocenters. The van der Waals surface area contributed by atoms with Gasteiger partial charge in [-0.25, -0.2) is 15.0 Å². The molecule has 3 rings (SSSR count). The lowest BCUT2D eigenvalue weighted by Crippen LogP contribution is -2.35. The zero-order valence-corrected chi connectivity index (χ0v) is 21.2. The molecule has 6 nitrogen and oxygen atoms in total. The number of fused-ring (bicyclic) bond motifs is 1. The highest BCUT2D eigenvalue weighted by Crippen LogP contribution is 2.41. The summed E-state index contributed by atoms with van der Waals surface area (Å²) in [5.74, 6) is 0.919. The molecule has 1 aromatic rings. The molecule has 2 heterocycles. The van der Waals surface area contributed by atoms with E-state index in [4.69, 9.17) is 4.74 Å². The van der Waals surface area contributed by atoms with Gasteiger partial charge in [0, 0.05) is 5.69 Å². The molecule has 0 fully saturated rings. The fourth-order valence-electron chi connectivity index (χ4n) is 3.83. The molecule has 2 aliphatic heterocycles. The lowest BCUT2D eigenvalue weighted by molar-refractivity contribution is 0.115. The Hall–Kier alpha value is -2.50. The molecule has 0 saturated heterocycles. The van der Waals surface area contributed by atoms with Crippen molar-refractivity contribution >= 4 is 18.2 Å². The number of nitrogens with one attached hydrogen (secondary N) is 2. The van der Waals surface area contributed by atoms with Gasteiger partial charge in [0.25, 0.3) is 0 Å². The molecule has 1 atom stereocenters. The average Bonchev–Trinajstić information content (AvgIpc) is 3.23. The Morgan fingerprint density at radius 3 is 2.27 bits per heavy atom. The molecule has 0 aromatic heterocycles. The van der Waals surface area contributed by atoms with E-state index < -0.39 is 0 Å². The minimum atomic E-state index is -0.183. The second kappa shape index (κ2) is 11.6. The van der Waals surface area contributed by atoms with Crippen LogP contribution in [0, 0.1) is 10.8 Å². The van der Waals surface area contributed by atoms with Gasteiger partial charge in [-0.1, -0.05) is 73.1 Å². The van der Waals surface area contributed by atoms with E-state index in [0.717, 1.165) is 30.2 Å². The third-order valence-corrected chi connectivity index (χ3v) is 7.18. The van der Waals surface area contributed by atoms with Crippen molar-refractivity contribution in [3.05, 3.63) is 36.2 Å². The van der Waals surface area contributed by atoms with Gasteiger partial charge in [0.1, 0.15) is 12.1 Å². The van der Waals surface area contributed by atoms with Crippen LogP contribution in [-0.2, 0) is 0 Å². The largest absolute Gasteiger partial charge is 0.494 e. The Morgan fingerprint density at radius 1 is 0.909 bits per heavy atom. The lowest BCUT2D eigenvalue weighted by atomic mass is 9.67. The van der Waals surface area contributed by atoms with Gasteiger partial charge < -0.3 is 10.1 Å². The first kappa shape index (κ1) is 25.1.